The van der Waals surface area contributed by atoms with E-state index in [1.807, 2.05) is 6.92 Å². The number of amides is 1. The first-order valence-corrected chi connectivity index (χ1v) is 10.7. The second-order valence-corrected chi connectivity index (χ2v) is 9.87. The Bertz CT molecular complexity index is 744. The van der Waals surface area contributed by atoms with Gasteiger partial charge in [-0.05, 0) is 50.3 Å². The van der Waals surface area contributed by atoms with Crippen molar-refractivity contribution in [3.63, 3.8) is 0 Å². The van der Waals surface area contributed by atoms with Gasteiger partial charge in [0, 0.05) is 24.2 Å². The summed E-state index contributed by atoms with van der Waals surface area (Å²) in [6.45, 7) is 6.65. The number of nitrogens with one attached hydrogen (secondary N) is 1. The van der Waals surface area contributed by atoms with Crippen LogP contribution in [0.25, 0.3) is 0 Å². The third kappa shape index (κ3) is 4.67. The minimum atomic E-state index is -3.16. The highest BCUT2D eigenvalue weighted by Crippen LogP contribution is 2.35. The fraction of sp³-hybridized carbons (Fsp3) is 0.588. The van der Waals surface area contributed by atoms with Crippen LogP contribution in [-0.4, -0.2) is 43.5 Å². The smallest absolute Gasteiger partial charge is 0.253 e. The van der Waals surface area contributed by atoms with Crippen molar-refractivity contribution < 1.29 is 13.2 Å². The summed E-state index contributed by atoms with van der Waals surface area (Å²) in [7, 11) is -3.16. The van der Waals surface area contributed by atoms with Crippen LogP contribution < -0.4 is 5.32 Å². The van der Waals surface area contributed by atoms with Crippen LogP contribution in [-0.2, 0) is 10.0 Å². The molecule has 5 nitrogen and oxygen atoms in total. The lowest BCUT2D eigenvalue weighted by atomic mass is 9.75. The Morgan fingerprint density at radius 3 is 2.44 bits per heavy atom. The van der Waals surface area contributed by atoms with Crippen molar-refractivity contribution in [2.75, 3.05) is 18.8 Å². The second-order valence-electron chi connectivity index (χ2n) is 6.77. The van der Waals surface area contributed by atoms with Gasteiger partial charge in [0.05, 0.1) is 16.3 Å². The predicted octanol–water partition coefficient (Wildman–Crippen LogP) is 3.56. The highest BCUT2D eigenvalue weighted by atomic mass is 35.5. The SMILES string of the molecule is CCS(=O)(=O)N1CCC(C)([C@H](C)NC(=O)c2ccc(Cl)cc2Cl)CC1. The van der Waals surface area contributed by atoms with Gasteiger partial charge in [-0.15, -0.1) is 0 Å². The fourth-order valence-electron chi connectivity index (χ4n) is 3.01. The van der Waals surface area contributed by atoms with Crippen molar-refractivity contribution in [2.24, 2.45) is 5.41 Å². The molecule has 0 saturated carbocycles. The summed E-state index contributed by atoms with van der Waals surface area (Å²) in [5, 5.41) is 3.79. The van der Waals surface area contributed by atoms with Crippen LogP contribution >= 0.6 is 23.2 Å². The molecule has 0 aromatic heterocycles. The number of piperidine rings is 1. The number of nitrogens with zero attached hydrogens (tertiary/aromatic N) is 1. The van der Waals surface area contributed by atoms with Gasteiger partial charge in [-0.2, -0.15) is 0 Å². The summed E-state index contributed by atoms with van der Waals surface area (Å²) in [5.74, 6) is -0.135. The average molecular weight is 407 g/mol. The number of sulfonamides is 1. The van der Waals surface area contributed by atoms with Gasteiger partial charge in [0.25, 0.3) is 5.91 Å². The number of carbonyl (C=O) groups is 1. The first-order chi connectivity index (χ1) is 11.6. The van der Waals surface area contributed by atoms with E-state index < -0.39 is 10.0 Å². The third-order valence-electron chi connectivity index (χ3n) is 5.19. The molecule has 1 saturated heterocycles. The van der Waals surface area contributed by atoms with Crippen LogP contribution in [0.1, 0.15) is 44.0 Å². The van der Waals surface area contributed by atoms with Gasteiger partial charge in [0.15, 0.2) is 0 Å². The van der Waals surface area contributed by atoms with E-state index in [1.54, 1.807) is 29.4 Å². The molecule has 25 heavy (non-hydrogen) atoms. The zero-order chi connectivity index (χ0) is 18.8. The molecule has 1 atom stereocenters. The minimum absolute atomic E-state index is 0.113. The van der Waals surface area contributed by atoms with Crippen LogP contribution in [0.3, 0.4) is 0 Å². The molecule has 2 rings (SSSR count). The monoisotopic (exact) mass is 406 g/mol. The van der Waals surface area contributed by atoms with Gasteiger partial charge in [-0.25, -0.2) is 12.7 Å². The Labute approximate surface area is 159 Å². The molecule has 0 bridgehead atoms. The topological polar surface area (TPSA) is 66.5 Å². The highest BCUT2D eigenvalue weighted by molar-refractivity contribution is 7.89. The fourth-order valence-corrected chi connectivity index (χ4v) is 4.61. The van der Waals surface area contributed by atoms with E-state index >= 15 is 0 Å². The average Bonchev–Trinajstić information content (AvgIpc) is 2.55. The maximum absolute atomic E-state index is 12.5. The van der Waals surface area contributed by atoms with Crippen molar-refractivity contribution in [3.05, 3.63) is 33.8 Å². The molecule has 1 aliphatic rings. The van der Waals surface area contributed by atoms with Gasteiger partial charge in [0.1, 0.15) is 0 Å². The zero-order valence-electron chi connectivity index (χ0n) is 14.7. The van der Waals surface area contributed by atoms with Crippen molar-refractivity contribution in [1.29, 1.82) is 0 Å². The molecule has 0 spiro atoms. The minimum Gasteiger partial charge on any atom is -0.349 e. The molecular formula is C17H24Cl2N2O3S. The molecule has 1 aromatic carbocycles. The molecule has 1 aromatic rings. The Morgan fingerprint density at radius 2 is 1.92 bits per heavy atom. The van der Waals surface area contributed by atoms with E-state index in [-0.39, 0.29) is 23.1 Å². The lowest BCUT2D eigenvalue weighted by Gasteiger charge is -2.42. The molecule has 0 aliphatic carbocycles. The van der Waals surface area contributed by atoms with Crippen LogP contribution in [0.4, 0.5) is 0 Å². The second kappa shape index (κ2) is 7.82. The van der Waals surface area contributed by atoms with Crippen molar-refractivity contribution >= 4 is 39.1 Å². The number of halogens is 2. The van der Waals surface area contributed by atoms with E-state index in [9.17, 15) is 13.2 Å². The molecular weight excluding hydrogens is 383 g/mol. The quantitative estimate of drug-likeness (QED) is 0.812. The molecule has 1 amide bonds. The Morgan fingerprint density at radius 1 is 1.32 bits per heavy atom. The van der Waals surface area contributed by atoms with Gasteiger partial charge < -0.3 is 5.32 Å². The van der Waals surface area contributed by atoms with E-state index in [0.717, 1.165) is 0 Å². The molecule has 1 fully saturated rings. The predicted molar refractivity (Wildman–Crippen MR) is 102 cm³/mol. The van der Waals surface area contributed by atoms with E-state index in [1.165, 1.54) is 0 Å². The van der Waals surface area contributed by atoms with Crippen LogP contribution in [0.15, 0.2) is 18.2 Å². The maximum atomic E-state index is 12.5. The molecule has 8 heteroatoms. The van der Waals surface area contributed by atoms with Gasteiger partial charge in [0.2, 0.25) is 10.0 Å². The molecule has 1 heterocycles. The third-order valence-corrected chi connectivity index (χ3v) is 7.62. The molecule has 140 valence electrons. The zero-order valence-corrected chi connectivity index (χ0v) is 17.0. The van der Waals surface area contributed by atoms with Crippen LogP contribution in [0.2, 0.25) is 10.0 Å². The lowest BCUT2D eigenvalue weighted by molar-refractivity contribution is 0.0830. The lowest BCUT2D eigenvalue weighted by Crippen LogP contribution is -2.51. The molecule has 1 N–H and O–H groups in total. The summed E-state index contributed by atoms with van der Waals surface area (Å²) in [4.78, 5) is 12.5. The van der Waals surface area contributed by atoms with Gasteiger partial charge in [-0.3, -0.25) is 4.79 Å². The van der Waals surface area contributed by atoms with E-state index in [4.69, 9.17) is 23.2 Å². The first kappa shape index (κ1) is 20.5. The van der Waals surface area contributed by atoms with Crippen LogP contribution in [0, 0.1) is 5.41 Å². The molecule has 0 unspecified atom stereocenters. The Hall–Kier alpha value is -0.820. The Balaban J connectivity index is 2.03. The molecule has 1 aliphatic heterocycles. The summed E-state index contributed by atoms with van der Waals surface area (Å²) in [5.41, 5.74) is 0.210. The Kier molecular flexibility index (Phi) is 6.41. The molecule has 0 radical (unpaired) electrons. The number of hydrogen-bond donors (Lipinski definition) is 1. The number of carbonyl (C=O) groups excluding carboxylic acids is 1. The summed E-state index contributed by atoms with van der Waals surface area (Å²) < 4.78 is 25.5. The van der Waals surface area contributed by atoms with E-state index in [2.05, 4.69) is 12.2 Å². The number of benzene rings is 1. The van der Waals surface area contributed by atoms with Crippen molar-refractivity contribution in [1.82, 2.24) is 9.62 Å². The van der Waals surface area contributed by atoms with Crippen LogP contribution in [0.5, 0.6) is 0 Å². The highest BCUT2D eigenvalue weighted by Gasteiger charge is 2.38. The number of rotatable bonds is 5. The number of hydrogen-bond acceptors (Lipinski definition) is 3. The first-order valence-electron chi connectivity index (χ1n) is 8.33. The standard InChI is InChI=1S/C17H24Cl2N2O3S/c1-4-25(23,24)21-9-7-17(3,8-10-21)12(2)20-16(22)14-6-5-13(18)11-15(14)19/h5-6,11-12H,4,7-10H2,1-3H3,(H,20,22)/t12-/m0/s1. The largest absolute Gasteiger partial charge is 0.349 e. The van der Waals surface area contributed by atoms with Crippen molar-refractivity contribution in [2.45, 2.75) is 39.7 Å². The van der Waals surface area contributed by atoms with Crippen molar-refractivity contribution in [3.8, 4) is 0 Å². The van der Waals surface area contributed by atoms with Gasteiger partial charge in [-0.1, -0.05) is 30.1 Å². The van der Waals surface area contributed by atoms with E-state index in [0.29, 0.717) is 41.5 Å². The summed E-state index contributed by atoms with van der Waals surface area (Å²) in [6.07, 6.45) is 1.39. The maximum Gasteiger partial charge on any atom is 0.253 e. The summed E-state index contributed by atoms with van der Waals surface area (Å²) >= 11 is 12.0. The van der Waals surface area contributed by atoms with Gasteiger partial charge >= 0.3 is 0 Å². The normalized spacial score (nSPS) is 19.4. The summed E-state index contributed by atoms with van der Waals surface area (Å²) in [6, 6.07) is 4.66.